The molecule has 4 atom stereocenters. The zero-order chi connectivity index (χ0) is 14.0. The lowest BCUT2D eigenvalue weighted by atomic mass is 9.84. The molecular weight excluding hydrogens is 252 g/mol. The summed E-state index contributed by atoms with van der Waals surface area (Å²) in [6.45, 7) is 15.6. The smallest absolute Gasteiger partial charge is 0.0184 e. The van der Waals surface area contributed by atoms with Gasteiger partial charge >= 0.3 is 0 Å². The van der Waals surface area contributed by atoms with Crippen molar-refractivity contribution in [1.29, 1.82) is 0 Å². The lowest BCUT2D eigenvalue weighted by molar-refractivity contribution is 0.152. The van der Waals surface area contributed by atoms with E-state index in [4.69, 9.17) is 0 Å². The van der Waals surface area contributed by atoms with E-state index < -0.39 is 0 Å². The molecule has 1 saturated carbocycles. The van der Waals surface area contributed by atoms with E-state index >= 15 is 0 Å². The van der Waals surface area contributed by atoms with Crippen LogP contribution in [0.4, 0.5) is 0 Å². The summed E-state index contributed by atoms with van der Waals surface area (Å²) in [4.78, 5) is 2.75. The van der Waals surface area contributed by atoms with Crippen LogP contribution in [0, 0.1) is 11.3 Å². The molecule has 2 fully saturated rings. The molecule has 1 N–H and O–H groups in total. The number of nitrogens with zero attached hydrogens (tertiary/aromatic N) is 1. The molecule has 0 radical (unpaired) electrons. The van der Waals surface area contributed by atoms with Crippen molar-refractivity contribution in [1.82, 2.24) is 10.2 Å². The van der Waals surface area contributed by atoms with Gasteiger partial charge in [0.2, 0.25) is 0 Å². The van der Waals surface area contributed by atoms with Crippen LogP contribution in [-0.4, -0.2) is 47.6 Å². The summed E-state index contributed by atoms with van der Waals surface area (Å²) in [6.07, 6.45) is 2.78. The molecule has 2 aliphatic rings. The Morgan fingerprint density at radius 2 is 2.05 bits per heavy atom. The van der Waals surface area contributed by atoms with E-state index in [1.165, 1.54) is 31.7 Å². The predicted octanol–water partition coefficient (Wildman–Crippen LogP) is 3.23. The third kappa shape index (κ3) is 3.48. The molecule has 0 aromatic rings. The van der Waals surface area contributed by atoms with Gasteiger partial charge in [-0.1, -0.05) is 27.7 Å². The Labute approximate surface area is 124 Å². The number of rotatable bonds is 4. The first-order chi connectivity index (χ1) is 8.95. The maximum absolute atomic E-state index is 3.77. The van der Waals surface area contributed by atoms with Crippen molar-refractivity contribution in [2.24, 2.45) is 11.3 Å². The van der Waals surface area contributed by atoms with E-state index in [0.717, 1.165) is 23.8 Å². The minimum absolute atomic E-state index is 0.472. The molecule has 112 valence electrons. The maximum atomic E-state index is 3.77. The van der Waals surface area contributed by atoms with Gasteiger partial charge in [-0.2, -0.15) is 11.8 Å². The Hall–Kier alpha value is 0.270. The van der Waals surface area contributed by atoms with Crippen molar-refractivity contribution < 1.29 is 0 Å². The van der Waals surface area contributed by atoms with Gasteiger partial charge in [0.05, 0.1) is 0 Å². The van der Waals surface area contributed by atoms with Crippen LogP contribution in [0.5, 0.6) is 0 Å². The largest absolute Gasteiger partial charge is 0.313 e. The molecule has 2 nitrogen and oxygen atoms in total. The highest BCUT2D eigenvalue weighted by atomic mass is 32.2. The molecule has 2 rings (SSSR count). The molecule has 0 aromatic heterocycles. The Kier molecular flexibility index (Phi) is 5.24. The van der Waals surface area contributed by atoms with E-state index in [1.807, 2.05) is 0 Å². The van der Waals surface area contributed by atoms with Crippen LogP contribution in [0.25, 0.3) is 0 Å². The lowest BCUT2D eigenvalue weighted by Crippen LogP contribution is -2.50. The predicted molar refractivity (Wildman–Crippen MR) is 86.9 cm³/mol. The monoisotopic (exact) mass is 284 g/mol. The third-order valence-electron chi connectivity index (χ3n) is 5.38. The second-order valence-electron chi connectivity index (χ2n) is 7.13. The molecule has 0 aromatic carbocycles. The Balaban J connectivity index is 1.97. The third-order valence-corrected chi connectivity index (χ3v) is 6.72. The molecule has 1 aliphatic carbocycles. The van der Waals surface area contributed by atoms with Crippen LogP contribution in [-0.2, 0) is 0 Å². The quantitative estimate of drug-likeness (QED) is 0.853. The fourth-order valence-electron chi connectivity index (χ4n) is 3.93. The second kappa shape index (κ2) is 6.36. The summed E-state index contributed by atoms with van der Waals surface area (Å²) in [5.74, 6) is 2.15. The first-order valence-corrected chi connectivity index (χ1v) is 9.09. The average molecular weight is 285 g/mol. The van der Waals surface area contributed by atoms with Gasteiger partial charge in [0.1, 0.15) is 0 Å². The van der Waals surface area contributed by atoms with Crippen LogP contribution < -0.4 is 5.32 Å². The number of hydrogen-bond donors (Lipinski definition) is 1. The van der Waals surface area contributed by atoms with E-state index in [1.54, 1.807) is 0 Å². The molecule has 0 bridgehead atoms. The van der Waals surface area contributed by atoms with Gasteiger partial charge < -0.3 is 5.32 Å². The topological polar surface area (TPSA) is 15.3 Å². The van der Waals surface area contributed by atoms with Crippen LogP contribution in [0.1, 0.15) is 47.5 Å². The Morgan fingerprint density at radius 3 is 2.74 bits per heavy atom. The van der Waals surface area contributed by atoms with Crippen LogP contribution in [0.15, 0.2) is 0 Å². The van der Waals surface area contributed by atoms with Gasteiger partial charge in [-0.25, -0.2) is 0 Å². The van der Waals surface area contributed by atoms with Crippen molar-refractivity contribution in [2.45, 2.75) is 64.8 Å². The molecule has 1 saturated heterocycles. The van der Waals surface area contributed by atoms with E-state index in [2.05, 4.69) is 56.6 Å². The van der Waals surface area contributed by atoms with Crippen molar-refractivity contribution in [3.05, 3.63) is 0 Å². The van der Waals surface area contributed by atoms with E-state index in [9.17, 15) is 0 Å². The van der Waals surface area contributed by atoms with Gasteiger partial charge in [-0.05, 0) is 37.6 Å². The molecule has 0 spiro atoms. The fraction of sp³-hybridized carbons (Fsp3) is 1.00. The molecule has 3 heteroatoms. The average Bonchev–Trinajstić information content (AvgIpc) is 2.63. The van der Waals surface area contributed by atoms with Crippen LogP contribution >= 0.6 is 11.8 Å². The van der Waals surface area contributed by atoms with Gasteiger partial charge in [-0.3, -0.25) is 4.90 Å². The molecule has 1 aliphatic heterocycles. The van der Waals surface area contributed by atoms with Crippen molar-refractivity contribution in [2.75, 3.05) is 25.4 Å². The van der Waals surface area contributed by atoms with Gasteiger partial charge in [0, 0.05) is 36.2 Å². The fourth-order valence-corrected chi connectivity index (χ4v) is 5.09. The molecule has 4 unspecified atom stereocenters. The van der Waals surface area contributed by atoms with Crippen molar-refractivity contribution in [3.63, 3.8) is 0 Å². The molecular formula is C16H32N2S. The highest BCUT2D eigenvalue weighted by molar-refractivity contribution is 8.00. The first kappa shape index (κ1) is 15.7. The Bertz CT molecular complexity index is 292. The Morgan fingerprint density at radius 1 is 1.32 bits per heavy atom. The van der Waals surface area contributed by atoms with Gasteiger partial charge in [0.15, 0.2) is 0 Å². The van der Waals surface area contributed by atoms with E-state index in [0.29, 0.717) is 11.5 Å². The lowest BCUT2D eigenvalue weighted by Gasteiger charge is -2.41. The molecule has 0 amide bonds. The first-order valence-electron chi connectivity index (χ1n) is 8.04. The van der Waals surface area contributed by atoms with Crippen LogP contribution in [0.2, 0.25) is 0 Å². The molecule has 19 heavy (non-hydrogen) atoms. The van der Waals surface area contributed by atoms with Gasteiger partial charge in [0.25, 0.3) is 0 Å². The number of nitrogens with one attached hydrogen (secondary N) is 1. The summed E-state index contributed by atoms with van der Waals surface area (Å²) >= 11 is 2.14. The highest BCUT2D eigenvalue weighted by Crippen LogP contribution is 2.42. The minimum Gasteiger partial charge on any atom is -0.313 e. The number of thioether (sulfide) groups is 1. The van der Waals surface area contributed by atoms with Gasteiger partial charge in [-0.15, -0.1) is 0 Å². The second-order valence-corrected chi connectivity index (χ2v) is 8.62. The highest BCUT2D eigenvalue weighted by Gasteiger charge is 2.42. The van der Waals surface area contributed by atoms with Crippen LogP contribution in [0.3, 0.4) is 0 Å². The summed E-state index contributed by atoms with van der Waals surface area (Å²) < 4.78 is 0. The maximum Gasteiger partial charge on any atom is 0.0184 e. The summed E-state index contributed by atoms with van der Waals surface area (Å²) in [5, 5.41) is 4.56. The zero-order valence-corrected chi connectivity index (χ0v) is 14.2. The van der Waals surface area contributed by atoms with E-state index in [-0.39, 0.29) is 0 Å². The summed E-state index contributed by atoms with van der Waals surface area (Å²) in [6, 6.07) is 1.44. The summed E-state index contributed by atoms with van der Waals surface area (Å²) in [7, 11) is 0. The number of hydrogen-bond acceptors (Lipinski definition) is 3. The summed E-state index contributed by atoms with van der Waals surface area (Å²) in [5.41, 5.74) is 0.472. The minimum atomic E-state index is 0.472. The van der Waals surface area contributed by atoms with Crippen molar-refractivity contribution >= 4 is 11.8 Å². The SMILES string of the molecule is CCNC1C(CN2CCSC(C)C2C)CCC1(C)C. The van der Waals surface area contributed by atoms with Crippen molar-refractivity contribution in [3.8, 4) is 0 Å². The normalized spacial score (nSPS) is 39.6. The zero-order valence-electron chi connectivity index (χ0n) is 13.4. The standard InChI is InChI=1S/C16H32N2S/c1-6-17-15-14(7-8-16(15,4)5)11-18-9-10-19-13(3)12(18)2/h12-15,17H,6-11H2,1-5H3. The molecule has 1 heterocycles.